The zero-order valence-corrected chi connectivity index (χ0v) is 24.2. The number of aromatic hydroxyl groups is 1. The molecule has 7 nitrogen and oxygen atoms in total. The van der Waals surface area contributed by atoms with Gasteiger partial charge >= 0.3 is 0 Å². The molecule has 2 heterocycles. The summed E-state index contributed by atoms with van der Waals surface area (Å²) < 4.78 is 3.74. The maximum absolute atomic E-state index is 13.9. The van der Waals surface area contributed by atoms with E-state index in [0.717, 1.165) is 26.8 Å². The number of nitrogens with zero attached hydrogens (tertiary/aromatic N) is 3. The van der Waals surface area contributed by atoms with E-state index in [2.05, 4.69) is 51.2 Å². The van der Waals surface area contributed by atoms with Crippen LogP contribution in [0.3, 0.4) is 0 Å². The van der Waals surface area contributed by atoms with Crippen LogP contribution < -0.4 is 14.9 Å². The number of phenols is 1. The lowest BCUT2D eigenvalue weighted by Crippen LogP contribution is -2.38. The maximum atomic E-state index is 13.9. The lowest BCUT2D eigenvalue weighted by atomic mass is 9.83. The van der Waals surface area contributed by atoms with Crippen molar-refractivity contribution in [2.75, 3.05) is 0 Å². The molecule has 1 N–H and O–H groups in total. The predicted molar refractivity (Wildman–Crippen MR) is 159 cm³/mol. The lowest BCUT2D eigenvalue weighted by Gasteiger charge is -2.30. The number of nitro groups is 1. The van der Waals surface area contributed by atoms with Crippen LogP contribution in [0.1, 0.15) is 34.7 Å². The van der Waals surface area contributed by atoms with Crippen LogP contribution in [0.15, 0.2) is 76.0 Å². The van der Waals surface area contributed by atoms with Gasteiger partial charge in [-0.15, -0.1) is 0 Å². The summed E-state index contributed by atoms with van der Waals surface area (Å²) >= 11 is 5.51. The second-order valence-electron chi connectivity index (χ2n) is 8.79. The fourth-order valence-corrected chi connectivity index (χ4v) is 7.85. The SMILES string of the molecule is O=c1/c(=C/c2cc(I)cc(I)c2O)sc2n1C(c1cccc([N+](=O)[O-])c1)C1=C(N=2)c2ccccc2CC1. The summed E-state index contributed by atoms with van der Waals surface area (Å²) in [5, 5.41) is 22.2. The number of rotatable bonds is 3. The van der Waals surface area contributed by atoms with Crippen molar-refractivity contribution in [3.8, 4) is 5.75 Å². The first-order valence-corrected chi connectivity index (χ1v) is 14.3. The van der Waals surface area contributed by atoms with Gasteiger partial charge in [0.2, 0.25) is 0 Å². The summed E-state index contributed by atoms with van der Waals surface area (Å²) in [5.74, 6) is 0.121. The lowest BCUT2D eigenvalue weighted by molar-refractivity contribution is -0.384. The first-order valence-electron chi connectivity index (χ1n) is 11.4. The van der Waals surface area contributed by atoms with Crippen LogP contribution in [-0.4, -0.2) is 14.6 Å². The van der Waals surface area contributed by atoms with Gasteiger partial charge in [-0.05, 0) is 92.9 Å². The number of fused-ring (bicyclic) bond motifs is 3. The molecule has 0 amide bonds. The number of thiazole rings is 1. The molecule has 1 unspecified atom stereocenters. The second-order valence-corrected chi connectivity index (χ2v) is 12.2. The van der Waals surface area contributed by atoms with Crippen molar-refractivity contribution in [1.82, 2.24) is 4.57 Å². The van der Waals surface area contributed by atoms with E-state index in [0.29, 0.717) is 30.5 Å². The van der Waals surface area contributed by atoms with Crippen LogP contribution in [-0.2, 0) is 6.42 Å². The van der Waals surface area contributed by atoms with E-state index in [1.807, 2.05) is 36.4 Å². The third-order valence-corrected chi connectivity index (χ3v) is 9.04. The molecule has 1 aliphatic heterocycles. The van der Waals surface area contributed by atoms with Crippen LogP contribution in [0, 0.1) is 17.3 Å². The highest BCUT2D eigenvalue weighted by Gasteiger charge is 2.33. The summed E-state index contributed by atoms with van der Waals surface area (Å²) in [4.78, 5) is 30.5. The molecule has 6 rings (SSSR count). The predicted octanol–water partition coefficient (Wildman–Crippen LogP) is 5.14. The van der Waals surface area contributed by atoms with Crippen LogP contribution in [0.4, 0.5) is 5.69 Å². The molecule has 0 spiro atoms. The molecule has 3 aromatic carbocycles. The van der Waals surface area contributed by atoms with Crippen LogP contribution in [0.5, 0.6) is 5.75 Å². The number of allylic oxidation sites excluding steroid dienone is 1. The Morgan fingerprint density at radius 2 is 1.92 bits per heavy atom. The average molecular weight is 733 g/mol. The monoisotopic (exact) mass is 733 g/mol. The molecule has 37 heavy (non-hydrogen) atoms. The van der Waals surface area contributed by atoms with E-state index >= 15 is 0 Å². The maximum Gasteiger partial charge on any atom is 0.271 e. The number of hydrogen-bond acceptors (Lipinski definition) is 6. The van der Waals surface area contributed by atoms with Crippen molar-refractivity contribution >= 4 is 74.0 Å². The molecular weight excluding hydrogens is 716 g/mol. The number of nitro benzene ring substituents is 1. The van der Waals surface area contributed by atoms with Crippen molar-refractivity contribution in [3.05, 3.63) is 125 Å². The quantitative estimate of drug-likeness (QED) is 0.179. The smallest absolute Gasteiger partial charge is 0.271 e. The number of hydrogen-bond donors (Lipinski definition) is 1. The van der Waals surface area contributed by atoms with Crippen molar-refractivity contribution in [3.63, 3.8) is 0 Å². The van der Waals surface area contributed by atoms with Gasteiger partial charge in [-0.2, -0.15) is 0 Å². The standard InChI is InChI=1S/C27H17I2N3O4S/c28-17-10-16(25(33)21(29)13-17)12-22-26(34)31-24(15-5-3-6-18(11-15)32(35)36)20-9-8-14-4-1-2-7-19(14)23(20)30-27(31)37-22/h1-7,10-13,24,33H,8-9H2/b22-12-. The summed E-state index contributed by atoms with van der Waals surface area (Å²) in [6, 6.07) is 17.8. The highest BCUT2D eigenvalue weighted by Crippen LogP contribution is 2.41. The Hall–Kier alpha value is -2.84. The van der Waals surface area contributed by atoms with Gasteiger partial charge in [0.25, 0.3) is 11.2 Å². The van der Waals surface area contributed by atoms with Gasteiger partial charge in [-0.1, -0.05) is 47.7 Å². The highest BCUT2D eigenvalue weighted by atomic mass is 127. The first kappa shape index (κ1) is 24.5. The summed E-state index contributed by atoms with van der Waals surface area (Å²) in [7, 11) is 0. The Morgan fingerprint density at radius 1 is 1.11 bits per heavy atom. The molecule has 0 fully saturated rings. The Kier molecular flexibility index (Phi) is 6.27. The molecule has 0 radical (unpaired) electrons. The summed E-state index contributed by atoms with van der Waals surface area (Å²) in [6.45, 7) is 0. The minimum atomic E-state index is -0.508. The van der Waals surface area contributed by atoms with E-state index in [9.17, 15) is 20.0 Å². The number of halogens is 2. The van der Waals surface area contributed by atoms with Gasteiger partial charge in [-0.25, -0.2) is 4.99 Å². The minimum absolute atomic E-state index is 0.0201. The number of non-ortho nitro benzene ring substituents is 1. The van der Waals surface area contributed by atoms with Crippen LogP contribution in [0.25, 0.3) is 11.8 Å². The molecule has 1 aliphatic carbocycles. The number of benzene rings is 3. The molecule has 4 aromatic rings. The van der Waals surface area contributed by atoms with Gasteiger partial charge in [0.05, 0.1) is 24.8 Å². The Labute approximate surface area is 241 Å². The van der Waals surface area contributed by atoms with Crippen molar-refractivity contribution < 1.29 is 10.0 Å². The number of aromatic nitrogens is 1. The van der Waals surface area contributed by atoms with Gasteiger partial charge in [0.1, 0.15) is 5.75 Å². The van der Waals surface area contributed by atoms with Gasteiger partial charge in [0.15, 0.2) is 4.80 Å². The molecule has 2 aliphatic rings. The van der Waals surface area contributed by atoms with Gasteiger partial charge in [0, 0.05) is 26.8 Å². The molecule has 0 saturated heterocycles. The fourth-order valence-electron chi connectivity index (χ4n) is 4.97. The Bertz CT molecular complexity index is 1840. The normalized spacial score (nSPS) is 16.6. The fraction of sp³-hybridized carbons (Fsp3) is 0.111. The zero-order chi connectivity index (χ0) is 25.8. The third-order valence-electron chi connectivity index (χ3n) is 6.61. The van der Waals surface area contributed by atoms with E-state index < -0.39 is 11.0 Å². The summed E-state index contributed by atoms with van der Waals surface area (Å²) in [6.07, 6.45) is 3.20. The van der Waals surface area contributed by atoms with Crippen LogP contribution >= 0.6 is 56.5 Å². The summed E-state index contributed by atoms with van der Waals surface area (Å²) in [5.41, 5.74) is 5.01. The first-order chi connectivity index (χ1) is 17.8. The van der Waals surface area contributed by atoms with Crippen molar-refractivity contribution in [1.29, 1.82) is 0 Å². The zero-order valence-electron chi connectivity index (χ0n) is 19.0. The van der Waals surface area contributed by atoms with E-state index in [4.69, 9.17) is 4.99 Å². The van der Waals surface area contributed by atoms with E-state index in [1.165, 1.54) is 23.0 Å². The van der Waals surface area contributed by atoms with Crippen molar-refractivity contribution in [2.24, 2.45) is 4.99 Å². The highest BCUT2D eigenvalue weighted by molar-refractivity contribution is 14.1. The number of aryl methyl sites for hydroxylation is 1. The van der Waals surface area contributed by atoms with Crippen LogP contribution in [0.2, 0.25) is 0 Å². The minimum Gasteiger partial charge on any atom is -0.506 e. The van der Waals surface area contributed by atoms with Gasteiger partial charge < -0.3 is 5.11 Å². The largest absolute Gasteiger partial charge is 0.506 e. The Morgan fingerprint density at radius 3 is 2.73 bits per heavy atom. The molecule has 10 heteroatoms. The second kappa shape index (κ2) is 9.48. The van der Waals surface area contributed by atoms with Gasteiger partial charge in [-0.3, -0.25) is 19.5 Å². The topological polar surface area (TPSA) is 97.7 Å². The molecule has 1 aromatic heterocycles. The molecule has 1 atom stereocenters. The average Bonchev–Trinajstić information content (AvgIpc) is 3.20. The third kappa shape index (κ3) is 4.24. The van der Waals surface area contributed by atoms with E-state index in [1.54, 1.807) is 22.8 Å². The molecule has 0 saturated carbocycles. The van der Waals surface area contributed by atoms with Crippen molar-refractivity contribution in [2.45, 2.75) is 18.9 Å². The molecule has 184 valence electrons. The molecule has 0 bridgehead atoms. The molecular formula is C27H17I2N3O4S. The van der Waals surface area contributed by atoms with E-state index in [-0.39, 0.29) is 17.0 Å². The number of phenolic OH excluding ortho intramolecular Hbond substituents is 1. The Balaban J connectivity index is 1.64.